The summed E-state index contributed by atoms with van der Waals surface area (Å²) in [5, 5.41) is 3.78. The number of nitrogens with one attached hydrogen (secondary N) is 1. The number of halogens is 2. The molecule has 0 radical (unpaired) electrons. The van der Waals surface area contributed by atoms with Crippen LogP contribution in [0.15, 0.2) is 42.5 Å². The molecule has 0 saturated heterocycles. The average Bonchev–Trinajstić information content (AvgIpc) is 2.39. The van der Waals surface area contributed by atoms with Crippen LogP contribution in [0.25, 0.3) is 0 Å². The predicted octanol–water partition coefficient (Wildman–Crippen LogP) is 4.80. The quantitative estimate of drug-likeness (QED) is 0.855. The molecule has 0 amide bonds. The summed E-state index contributed by atoms with van der Waals surface area (Å²) in [4.78, 5) is 0. The highest BCUT2D eigenvalue weighted by Crippen LogP contribution is 2.27. The number of rotatable bonds is 5. The van der Waals surface area contributed by atoms with Crippen LogP contribution in [0.2, 0.25) is 5.02 Å². The van der Waals surface area contributed by atoms with Crippen LogP contribution in [0.5, 0.6) is 0 Å². The summed E-state index contributed by atoms with van der Waals surface area (Å²) in [7, 11) is 1.67. The molecule has 20 heavy (non-hydrogen) atoms. The van der Waals surface area contributed by atoms with Crippen molar-refractivity contribution in [3.8, 4) is 0 Å². The minimum atomic E-state index is -0.326. The Balaban J connectivity index is 2.14. The monoisotopic (exact) mass is 293 g/mol. The van der Waals surface area contributed by atoms with Gasteiger partial charge < -0.3 is 10.1 Å². The zero-order chi connectivity index (χ0) is 14.5. The lowest BCUT2D eigenvalue weighted by molar-refractivity contribution is 0.185. The van der Waals surface area contributed by atoms with Crippen LogP contribution in [0, 0.1) is 5.82 Å². The van der Waals surface area contributed by atoms with Crippen molar-refractivity contribution in [3.05, 3.63) is 64.4 Å². The Morgan fingerprint density at radius 2 is 2.05 bits per heavy atom. The number of methoxy groups -OCH3 is 1. The maximum Gasteiger partial charge on any atom is 0.124 e. The topological polar surface area (TPSA) is 21.3 Å². The smallest absolute Gasteiger partial charge is 0.124 e. The molecule has 2 aromatic carbocycles. The van der Waals surface area contributed by atoms with Gasteiger partial charge in [0.2, 0.25) is 0 Å². The van der Waals surface area contributed by atoms with E-state index < -0.39 is 0 Å². The van der Waals surface area contributed by atoms with Crippen LogP contribution in [0.1, 0.15) is 24.1 Å². The first-order valence-corrected chi connectivity index (χ1v) is 6.77. The molecule has 1 atom stereocenters. The van der Waals surface area contributed by atoms with Gasteiger partial charge in [-0.05, 0) is 42.3 Å². The van der Waals surface area contributed by atoms with E-state index in [9.17, 15) is 4.39 Å². The first-order valence-electron chi connectivity index (χ1n) is 6.39. The molecule has 0 bridgehead atoms. The van der Waals surface area contributed by atoms with E-state index in [0.29, 0.717) is 11.6 Å². The van der Waals surface area contributed by atoms with E-state index >= 15 is 0 Å². The van der Waals surface area contributed by atoms with Crippen molar-refractivity contribution in [3.63, 3.8) is 0 Å². The Bertz CT molecular complexity index is 588. The van der Waals surface area contributed by atoms with Gasteiger partial charge in [0.15, 0.2) is 0 Å². The fraction of sp³-hybridized carbons (Fsp3) is 0.250. The van der Waals surface area contributed by atoms with E-state index in [1.54, 1.807) is 13.2 Å². The van der Waals surface area contributed by atoms with Gasteiger partial charge in [-0.3, -0.25) is 0 Å². The first kappa shape index (κ1) is 14.8. The van der Waals surface area contributed by atoms with E-state index in [-0.39, 0.29) is 11.9 Å². The molecule has 106 valence electrons. The number of hydrogen-bond acceptors (Lipinski definition) is 2. The summed E-state index contributed by atoms with van der Waals surface area (Å²) in [5.41, 5.74) is 2.94. The largest absolute Gasteiger partial charge is 0.380 e. The summed E-state index contributed by atoms with van der Waals surface area (Å²) in [5.74, 6) is -0.326. The van der Waals surface area contributed by atoms with Crippen LogP contribution in [-0.2, 0) is 11.3 Å². The first-order chi connectivity index (χ1) is 9.60. The predicted molar refractivity (Wildman–Crippen MR) is 80.6 cm³/mol. The third kappa shape index (κ3) is 3.71. The van der Waals surface area contributed by atoms with Crippen LogP contribution >= 0.6 is 11.6 Å². The molecule has 0 fully saturated rings. The minimum Gasteiger partial charge on any atom is -0.380 e. The van der Waals surface area contributed by atoms with Gasteiger partial charge in [-0.15, -0.1) is 0 Å². The van der Waals surface area contributed by atoms with Gasteiger partial charge in [-0.25, -0.2) is 4.39 Å². The maximum atomic E-state index is 13.1. The number of anilines is 1. The fourth-order valence-electron chi connectivity index (χ4n) is 2.10. The van der Waals surface area contributed by atoms with Gasteiger partial charge in [0.25, 0.3) is 0 Å². The molecule has 1 N–H and O–H groups in total. The van der Waals surface area contributed by atoms with Crippen LogP contribution in [0.3, 0.4) is 0 Å². The maximum absolute atomic E-state index is 13.1. The van der Waals surface area contributed by atoms with Gasteiger partial charge in [0.05, 0.1) is 6.61 Å². The lowest BCUT2D eigenvalue weighted by Crippen LogP contribution is -2.07. The van der Waals surface area contributed by atoms with E-state index in [1.807, 2.05) is 31.2 Å². The van der Waals surface area contributed by atoms with Crippen molar-refractivity contribution < 1.29 is 9.13 Å². The third-order valence-corrected chi connectivity index (χ3v) is 3.38. The van der Waals surface area contributed by atoms with Crippen molar-refractivity contribution in [1.29, 1.82) is 0 Å². The Kier molecular flexibility index (Phi) is 4.99. The highest BCUT2D eigenvalue weighted by Gasteiger charge is 2.10. The second kappa shape index (κ2) is 6.73. The SMILES string of the molecule is COCc1cccc(NC(C)c2ccc(F)cc2Cl)c1. The molecule has 0 aromatic heterocycles. The summed E-state index contributed by atoms with van der Waals surface area (Å²) >= 11 is 6.07. The third-order valence-electron chi connectivity index (χ3n) is 3.05. The summed E-state index contributed by atoms with van der Waals surface area (Å²) in [6.07, 6.45) is 0. The molecule has 0 heterocycles. The Hall–Kier alpha value is -1.58. The highest BCUT2D eigenvalue weighted by atomic mass is 35.5. The molecule has 0 aliphatic carbocycles. The van der Waals surface area contributed by atoms with Crippen molar-refractivity contribution >= 4 is 17.3 Å². The van der Waals surface area contributed by atoms with E-state index in [4.69, 9.17) is 16.3 Å². The minimum absolute atomic E-state index is 0.0131. The highest BCUT2D eigenvalue weighted by molar-refractivity contribution is 6.31. The Morgan fingerprint density at radius 3 is 2.75 bits per heavy atom. The second-order valence-corrected chi connectivity index (χ2v) is 5.07. The molecule has 0 aliphatic heterocycles. The molecular weight excluding hydrogens is 277 g/mol. The summed E-state index contributed by atoms with van der Waals surface area (Å²) < 4.78 is 18.2. The molecule has 2 nitrogen and oxygen atoms in total. The van der Waals surface area contributed by atoms with Gasteiger partial charge in [-0.2, -0.15) is 0 Å². The van der Waals surface area contributed by atoms with E-state index in [0.717, 1.165) is 16.8 Å². The van der Waals surface area contributed by atoms with Crippen molar-refractivity contribution in [2.24, 2.45) is 0 Å². The van der Waals surface area contributed by atoms with E-state index in [2.05, 4.69) is 5.32 Å². The lowest BCUT2D eigenvalue weighted by Gasteiger charge is -2.17. The molecule has 0 aliphatic rings. The van der Waals surface area contributed by atoms with Crippen LogP contribution < -0.4 is 5.32 Å². The fourth-order valence-corrected chi connectivity index (χ4v) is 2.43. The van der Waals surface area contributed by atoms with E-state index in [1.165, 1.54) is 12.1 Å². The number of ether oxygens (including phenoxy) is 1. The van der Waals surface area contributed by atoms with Crippen molar-refractivity contribution in [2.45, 2.75) is 19.6 Å². The van der Waals surface area contributed by atoms with Gasteiger partial charge in [0, 0.05) is 23.9 Å². The zero-order valence-corrected chi connectivity index (χ0v) is 12.2. The molecular formula is C16H17ClFNO. The van der Waals surface area contributed by atoms with Crippen LogP contribution in [-0.4, -0.2) is 7.11 Å². The molecule has 0 spiro atoms. The van der Waals surface area contributed by atoms with Crippen molar-refractivity contribution in [2.75, 3.05) is 12.4 Å². The normalized spacial score (nSPS) is 12.2. The standard InChI is InChI=1S/C16H17ClFNO/c1-11(15-7-6-13(18)9-16(15)17)19-14-5-3-4-12(8-14)10-20-2/h3-9,11,19H,10H2,1-2H3. The molecule has 2 rings (SSSR count). The Labute approximate surface area is 123 Å². The Morgan fingerprint density at radius 1 is 1.25 bits per heavy atom. The molecule has 4 heteroatoms. The summed E-state index contributed by atoms with van der Waals surface area (Å²) in [6, 6.07) is 12.4. The number of benzene rings is 2. The van der Waals surface area contributed by atoms with Gasteiger partial charge in [0.1, 0.15) is 5.82 Å². The van der Waals surface area contributed by atoms with Gasteiger partial charge >= 0.3 is 0 Å². The number of hydrogen-bond donors (Lipinski definition) is 1. The summed E-state index contributed by atoms with van der Waals surface area (Å²) in [6.45, 7) is 2.56. The van der Waals surface area contributed by atoms with Crippen molar-refractivity contribution in [1.82, 2.24) is 0 Å². The molecule has 0 saturated carbocycles. The lowest BCUT2D eigenvalue weighted by atomic mass is 10.1. The van der Waals surface area contributed by atoms with Crippen LogP contribution in [0.4, 0.5) is 10.1 Å². The molecule has 1 unspecified atom stereocenters. The average molecular weight is 294 g/mol. The second-order valence-electron chi connectivity index (χ2n) is 4.67. The zero-order valence-electron chi connectivity index (χ0n) is 11.5. The van der Waals surface area contributed by atoms with Gasteiger partial charge in [-0.1, -0.05) is 29.8 Å². The molecule has 2 aromatic rings.